The average molecular weight is 535 g/mol. The van der Waals surface area contributed by atoms with E-state index in [0.717, 1.165) is 10.9 Å². The molecule has 3 aromatic rings. The number of carbonyl (C=O) groups is 2. The number of nitrogens with one attached hydrogen (secondary N) is 2. The van der Waals surface area contributed by atoms with E-state index in [4.69, 9.17) is 14.2 Å². The standard InChI is InChI=1S/C26H29F3N4O5/c1-3-36-15-16-38-22-8-6-5-7-21(22)33-17-20(23(32-33)26(27,28)29)25(35)31-14-13-30-24(34)18-9-11-19(12-10-18)37-4-2/h5-12,17H,3-4,13-16H2,1-2H3,(H,30,34)(H,31,35). The van der Waals surface area contributed by atoms with Crippen LogP contribution in [0.3, 0.4) is 0 Å². The van der Waals surface area contributed by atoms with Crippen molar-refractivity contribution in [3.05, 3.63) is 71.5 Å². The number of amides is 2. The molecule has 2 N–H and O–H groups in total. The Bertz CT molecular complexity index is 1210. The highest BCUT2D eigenvalue weighted by Gasteiger charge is 2.39. The predicted molar refractivity (Wildman–Crippen MR) is 133 cm³/mol. The number of halogens is 3. The van der Waals surface area contributed by atoms with Crippen LogP contribution in [0, 0.1) is 0 Å². The van der Waals surface area contributed by atoms with Crippen LogP contribution in [0.4, 0.5) is 13.2 Å². The van der Waals surface area contributed by atoms with E-state index < -0.39 is 29.2 Å². The Morgan fingerprint density at radius 3 is 2.24 bits per heavy atom. The Morgan fingerprint density at radius 1 is 0.895 bits per heavy atom. The van der Waals surface area contributed by atoms with Gasteiger partial charge in [0.2, 0.25) is 0 Å². The molecule has 0 saturated carbocycles. The smallest absolute Gasteiger partial charge is 0.435 e. The lowest BCUT2D eigenvalue weighted by Crippen LogP contribution is -2.35. The Balaban J connectivity index is 1.65. The van der Waals surface area contributed by atoms with Crippen LogP contribution in [0.25, 0.3) is 5.69 Å². The Kier molecular flexibility index (Phi) is 10.1. The molecule has 204 valence electrons. The van der Waals surface area contributed by atoms with E-state index >= 15 is 0 Å². The minimum atomic E-state index is -4.87. The van der Waals surface area contributed by atoms with Gasteiger partial charge in [0.1, 0.15) is 23.8 Å². The molecular weight excluding hydrogens is 505 g/mol. The summed E-state index contributed by atoms with van der Waals surface area (Å²) in [6.07, 6.45) is -3.87. The third kappa shape index (κ3) is 7.72. The zero-order chi connectivity index (χ0) is 27.5. The second-order valence-corrected chi connectivity index (χ2v) is 7.82. The van der Waals surface area contributed by atoms with E-state index in [1.54, 1.807) is 42.5 Å². The summed E-state index contributed by atoms with van der Waals surface area (Å²) >= 11 is 0. The van der Waals surface area contributed by atoms with Crippen molar-refractivity contribution in [1.29, 1.82) is 0 Å². The fourth-order valence-corrected chi connectivity index (χ4v) is 3.41. The molecule has 0 aliphatic carbocycles. The van der Waals surface area contributed by atoms with Gasteiger partial charge >= 0.3 is 6.18 Å². The van der Waals surface area contributed by atoms with Crippen molar-refractivity contribution in [2.24, 2.45) is 0 Å². The molecule has 0 bridgehead atoms. The molecule has 0 aliphatic heterocycles. The van der Waals surface area contributed by atoms with Crippen LogP contribution in [0.15, 0.2) is 54.7 Å². The minimum absolute atomic E-state index is 0.00375. The third-order valence-electron chi connectivity index (χ3n) is 5.15. The van der Waals surface area contributed by atoms with Crippen molar-refractivity contribution in [2.75, 3.05) is 39.5 Å². The predicted octanol–water partition coefficient (Wildman–Crippen LogP) is 3.86. The largest absolute Gasteiger partial charge is 0.494 e. The van der Waals surface area contributed by atoms with E-state index in [0.29, 0.717) is 31.1 Å². The number of nitrogens with zero attached hydrogens (tertiary/aromatic N) is 2. The molecule has 0 aliphatic rings. The first-order chi connectivity index (χ1) is 18.2. The molecule has 0 radical (unpaired) electrons. The molecule has 0 unspecified atom stereocenters. The summed E-state index contributed by atoms with van der Waals surface area (Å²) in [5, 5.41) is 8.64. The summed E-state index contributed by atoms with van der Waals surface area (Å²) in [6, 6.07) is 12.9. The Hall–Kier alpha value is -4.06. The first kappa shape index (κ1) is 28.5. The van der Waals surface area contributed by atoms with Gasteiger partial charge in [0.25, 0.3) is 11.8 Å². The SMILES string of the molecule is CCOCCOc1ccccc1-n1cc(C(=O)NCCNC(=O)c2ccc(OCC)cc2)c(C(F)(F)F)n1. The molecule has 0 spiro atoms. The van der Waals surface area contributed by atoms with E-state index in [-0.39, 0.29) is 31.1 Å². The van der Waals surface area contributed by atoms with Crippen molar-refractivity contribution in [3.63, 3.8) is 0 Å². The number of rotatable bonds is 13. The Labute approximate surface area is 217 Å². The second kappa shape index (κ2) is 13.5. The fourth-order valence-electron chi connectivity index (χ4n) is 3.41. The molecule has 1 heterocycles. The number of ether oxygens (including phenoxy) is 3. The van der Waals surface area contributed by atoms with E-state index in [1.807, 2.05) is 13.8 Å². The second-order valence-electron chi connectivity index (χ2n) is 7.82. The van der Waals surface area contributed by atoms with Crippen molar-refractivity contribution < 1.29 is 37.0 Å². The maximum atomic E-state index is 13.7. The first-order valence-corrected chi connectivity index (χ1v) is 12.0. The summed E-state index contributed by atoms with van der Waals surface area (Å²) in [4.78, 5) is 24.9. The maximum absolute atomic E-state index is 13.7. The van der Waals surface area contributed by atoms with Gasteiger partial charge in [-0.3, -0.25) is 9.59 Å². The van der Waals surface area contributed by atoms with E-state index in [2.05, 4.69) is 15.7 Å². The van der Waals surface area contributed by atoms with Crippen LogP contribution >= 0.6 is 0 Å². The number of alkyl halides is 3. The summed E-state index contributed by atoms with van der Waals surface area (Å²) < 4.78 is 58.3. The van der Waals surface area contributed by atoms with Crippen LogP contribution in [-0.4, -0.2) is 61.1 Å². The van der Waals surface area contributed by atoms with Crippen LogP contribution in [0.2, 0.25) is 0 Å². The molecule has 9 nitrogen and oxygen atoms in total. The van der Waals surface area contributed by atoms with Crippen molar-refractivity contribution in [2.45, 2.75) is 20.0 Å². The summed E-state index contributed by atoms with van der Waals surface area (Å²) in [5.74, 6) is -0.468. The van der Waals surface area contributed by atoms with Gasteiger partial charge in [-0.05, 0) is 50.2 Å². The monoisotopic (exact) mass is 534 g/mol. The van der Waals surface area contributed by atoms with Gasteiger partial charge in [-0.15, -0.1) is 0 Å². The number of aromatic nitrogens is 2. The summed E-state index contributed by atoms with van der Waals surface area (Å²) in [6.45, 7) is 5.08. The molecule has 0 atom stereocenters. The molecular formula is C26H29F3N4O5. The molecule has 0 fully saturated rings. The zero-order valence-electron chi connectivity index (χ0n) is 21.0. The Morgan fingerprint density at radius 2 is 1.58 bits per heavy atom. The van der Waals surface area contributed by atoms with Crippen LogP contribution in [0.5, 0.6) is 11.5 Å². The average Bonchev–Trinajstić information content (AvgIpc) is 3.36. The molecule has 2 aromatic carbocycles. The quantitative estimate of drug-likeness (QED) is 0.323. The first-order valence-electron chi connectivity index (χ1n) is 12.0. The lowest BCUT2D eigenvalue weighted by molar-refractivity contribution is -0.141. The van der Waals surface area contributed by atoms with Crippen molar-refractivity contribution >= 4 is 11.8 Å². The molecule has 3 rings (SSSR count). The molecule has 2 amide bonds. The summed E-state index contributed by atoms with van der Waals surface area (Å²) in [5.41, 5.74) is -1.38. The van der Waals surface area contributed by atoms with E-state index in [1.165, 1.54) is 6.07 Å². The van der Waals surface area contributed by atoms with Crippen LogP contribution < -0.4 is 20.1 Å². The highest BCUT2D eigenvalue weighted by atomic mass is 19.4. The zero-order valence-corrected chi connectivity index (χ0v) is 21.0. The highest BCUT2D eigenvalue weighted by molar-refractivity contribution is 5.96. The third-order valence-corrected chi connectivity index (χ3v) is 5.15. The number of carbonyl (C=O) groups excluding carboxylic acids is 2. The molecule has 12 heteroatoms. The van der Waals surface area contributed by atoms with Crippen molar-refractivity contribution in [3.8, 4) is 17.2 Å². The number of para-hydroxylation sites is 2. The fraction of sp³-hybridized carbons (Fsp3) is 0.346. The minimum Gasteiger partial charge on any atom is -0.494 e. The number of hydrogen-bond donors (Lipinski definition) is 2. The van der Waals surface area contributed by atoms with Gasteiger partial charge in [-0.1, -0.05) is 12.1 Å². The van der Waals surface area contributed by atoms with Gasteiger partial charge in [0.05, 0.1) is 18.8 Å². The number of benzene rings is 2. The van der Waals surface area contributed by atoms with Crippen molar-refractivity contribution in [1.82, 2.24) is 20.4 Å². The lowest BCUT2D eigenvalue weighted by atomic mass is 10.2. The maximum Gasteiger partial charge on any atom is 0.435 e. The molecule has 1 aromatic heterocycles. The lowest BCUT2D eigenvalue weighted by Gasteiger charge is -2.11. The van der Waals surface area contributed by atoms with Crippen LogP contribution in [-0.2, 0) is 10.9 Å². The molecule has 0 saturated heterocycles. The highest BCUT2D eigenvalue weighted by Crippen LogP contribution is 2.32. The van der Waals surface area contributed by atoms with Gasteiger partial charge in [0, 0.05) is 31.5 Å². The van der Waals surface area contributed by atoms with Crippen LogP contribution in [0.1, 0.15) is 40.3 Å². The van der Waals surface area contributed by atoms with Gasteiger partial charge in [-0.2, -0.15) is 18.3 Å². The van der Waals surface area contributed by atoms with Gasteiger partial charge in [-0.25, -0.2) is 4.68 Å². The molecule has 38 heavy (non-hydrogen) atoms. The summed E-state index contributed by atoms with van der Waals surface area (Å²) in [7, 11) is 0. The number of hydrogen-bond acceptors (Lipinski definition) is 6. The van der Waals surface area contributed by atoms with Gasteiger partial charge in [0.15, 0.2) is 5.69 Å². The normalized spacial score (nSPS) is 11.2. The topological polar surface area (TPSA) is 104 Å². The van der Waals surface area contributed by atoms with Gasteiger partial charge < -0.3 is 24.8 Å². The van der Waals surface area contributed by atoms with E-state index in [9.17, 15) is 22.8 Å².